The fourth-order valence-electron chi connectivity index (χ4n) is 2.04. The summed E-state index contributed by atoms with van der Waals surface area (Å²) in [6.45, 7) is 2.53. The lowest BCUT2D eigenvalue weighted by atomic mass is 10.1. The van der Waals surface area contributed by atoms with E-state index >= 15 is 0 Å². The molecule has 0 aromatic heterocycles. The van der Waals surface area contributed by atoms with Gasteiger partial charge in [-0.2, -0.15) is 0 Å². The molecule has 0 unspecified atom stereocenters. The zero-order chi connectivity index (χ0) is 13.5. The molecule has 0 bridgehead atoms. The number of carbonyl (C=O) groups excluding carboxylic acids is 1. The van der Waals surface area contributed by atoms with Crippen LogP contribution in [0.2, 0.25) is 0 Å². The van der Waals surface area contributed by atoms with Gasteiger partial charge >= 0.3 is 0 Å². The van der Waals surface area contributed by atoms with Gasteiger partial charge in [-0.05, 0) is 72.8 Å². The van der Waals surface area contributed by atoms with Gasteiger partial charge in [0.25, 0.3) is 0 Å². The number of piperidine rings is 1. The number of ether oxygens (including phenoxy) is 1. The number of carbonyl (C=O) groups is 1. The van der Waals surface area contributed by atoms with Crippen molar-refractivity contribution in [1.82, 2.24) is 5.32 Å². The van der Waals surface area contributed by atoms with E-state index in [9.17, 15) is 4.79 Å². The first-order valence-corrected chi connectivity index (χ1v) is 7.69. The molecule has 2 rings (SSSR count). The van der Waals surface area contributed by atoms with Crippen LogP contribution in [-0.2, 0) is 9.53 Å². The predicted molar refractivity (Wildman–Crippen MR) is 84.2 cm³/mol. The van der Waals surface area contributed by atoms with Crippen molar-refractivity contribution in [3.63, 3.8) is 0 Å². The Morgan fingerprint density at radius 1 is 1.32 bits per heavy atom. The fraction of sp³-hybridized carbons (Fsp3) is 0.500. The van der Waals surface area contributed by atoms with Crippen LogP contribution in [-0.4, -0.2) is 31.7 Å². The van der Waals surface area contributed by atoms with Crippen molar-refractivity contribution in [2.24, 2.45) is 0 Å². The van der Waals surface area contributed by atoms with Crippen LogP contribution >= 0.6 is 22.6 Å². The van der Waals surface area contributed by atoms with Crippen LogP contribution in [0.3, 0.4) is 0 Å². The monoisotopic (exact) mass is 374 g/mol. The first kappa shape index (κ1) is 14.7. The third-order valence-corrected chi connectivity index (χ3v) is 3.82. The van der Waals surface area contributed by atoms with Crippen molar-refractivity contribution < 1.29 is 9.53 Å². The molecular formula is C14H19IN2O2. The summed E-state index contributed by atoms with van der Waals surface area (Å²) in [5.74, 6) is 0.00939. The molecule has 0 spiro atoms. The van der Waals surface area contributed by atoms with Gasteiger partial charge in [0.2, 0.25) is 5.91 Å². The van der Waals surface area contributed by atoms with E-state index in [1.165, 1.54) is 0 Å². The Kier molecular flexibility index (Phi) is 6.06. The average Bonchev–Trinajstić information content (AvgIpc) is 2.43. The Morgan fingerprint density at radius 2 is 2.00 bits per heavy atom. The van der Waals surface area contributed by atoms with E-state index in [4.69, 9.17) is 4.74 Å². The molecule has 1 amide bonds. The van der Waals surface area contributed by atoms with Gasteiger partial charge in [-0.3, -0.25) is 4.79 Å². The topological polar surface area (TPSA) is 50.4 Å². The second kappa shape index (κ2) is 7.81. The van der Waals surface area contributed by atoms with Crippen molar-refractivity contribution in [3.05, 3.63) is 27.8 Å². The standard InChI is InChI=1S/C14H19IN2O2/c15-11-1-3-12(4-2-11)17-14(18)7-10-19-13-5-8-16-9-6-13/h1-4,13,16H,5-10H2,(H,17,18). The van der Waals surface area contributed by atoms with E-state index in [-0.39, 0.29) is 5.91 Å². The first-order valence-electron chi connectivity index (χ1n) is 6.62. The largest absolute Gasteiger partial charge is 0.378 e. The van der Waals surface area contributed by atoms with Crippen molar-refractivity contribution >= 4 is 34.2 Å². The van der Waals surface area contributed by atoms with E-state index in [2.05, 4.69) is 33.2 Å². The fourth-order valence-corrected chi connectivity index (χ4v) is 2.40. The lowest BCUT2D eigenvalue weighted by Gasteiger charge is -2.22. The van der Waals surface area contributed by atoms with Crippen molar-refractivity contribution in [2.75, 3.05) is 25.0 Å². The van der Waals surface area contributed by atoms with Gasteiger partial charge in [-0.15, -0.1) is 0 Å². The second-order valence-electron chi connectivity index (χ2n) is 4.63. The number of rotatable bonds is 5. The van der Waals surface area contributed by atoms with Gasteiger partial charge in [-0.1, -0.05) is 0 Å². The maximum atomic E-state index is 11.7. The summed E-state index contributed by atoms with van der Waals surface area (Å²) in [4.78, 5) is 11.7. The molecule has 1 aromatic rings. The van der Waals surface area contributed by atoms with Crippen LogP contribution in [0.1, 0.15) is 19.3 Å². The molecule has 0 saturated carbocycles. The van der Waals surface area contributed by atoms with Crippen LogP contribution in [0.25, 0.3) is 0 Å². The summed E-state index contributed by atoms with van der Waals surface area (Å²) in [7, 11) is 0. The Balaban J connectivity index is 1.65. The first-order chi connectivity index (χ1) is 9.24. The molecule has 1 saturated heterocycles. The van der Waals surface area contributed by atoms with Crippen molar-refractivity contribution in [1.29, 1.82) is 0 Å². The van der Waals surface area contributed by atoms with Crippen LogP contribution < -0.4 is 10.6 Å². The highest BCUT2D eigenvalue weighted by Gasteiger charge is 2.13. The average molecular weight is 374 g/mol. The van der Waals surface area contributed by atoms with E-state index in [0.717, 1.165) is 35.2 Å². The molecule has 0 atom stereocenters. The summed E-state index contributed by atoms with van der Waals surface area (Å²) in [5, 5.41) is 6.16. The van der Waals surface area contributed by atoms with Crippen molar-refractivity contribution in [2.45, 2.75) is 25.4 Å². The minimum atomic E-state index is 0.00939. The summed E-state index contributed by atoms with van der Waals surface area (Å²) < 4.78 is 6.87. The van der Waals surface area contributed by atoms with E-state index in [1.807, 2.05) is 24.3 Å². The lowest BCUT2D eigenvalue weighted by molar-refractivity contribution is -0.117. The highest BCUT2D eigenvalue weighted by molar-refractivity contribution is 14.1. The van der Waals surface area contributed by atoms with Crippen LogP contribution in [0, 0.1) is 3.57 Å². The summed E-state index contributed by atoms with van der Waals surface area (Å²) in [5.41, 5.74) is 0.840. The molecule has 1 fully saturated rings. The number of anilines is 1. The van der Waals surface area contributed by atoms with Gasteiger partial charge in [0.1, 0.15) is 0 Å². The molecule has 1 aliphatic heterocycles. The quantitative estimate of drug-likeness (QED) is 0.779. The molecule has 0 aliphatic carbocycles. The summed E-state index contributed by atoms with van der Waals surface area (Å²) in [6.07, 6.45) is 2.81. The minimum absolute atomic E-state index is 0.00939. The Bertz CT molecular complexity index is 402. The number of halogens is 1. The third-order valence-electron chi connectivity index (χ3n) is 3.10. The molecule has 19 heavy (non-hydrogen) atoms. The zero-order valence-electron chi connectivity index (χ0n) is 10.8. The number of hydrogen-bond donors (Lipinski definition) is 2. The number of nitrogens with one attached hydrogen (secondary N) is 2. The summed E-state index contributed by atoms with van der Waals surface area (Å²) >= 11 is 2.24. The molecule has 4 nitrogen and oxygen atoms in total. The lowest BCUT2D eigenvalue weighted by Crippen LogP contribution is -2.33. The normalized spacial score (nSPS) is 16.3. The van der Waals surface area contributed by atoms with Crippen LogP contribution in [0.15, 0.2) is 24.3 Å². The molecule has 2 N–H and O–H groups in total. The molecule has 1 heterocycles. The van der Waals surface area contributed by atoms with Gasteiger partial charge in [0.05, 0.1) is 19.1 Å². The maximum absolute atomic E-state index is 11.7. The SMILES string of the molecule is O=C(CCOC1CCNCC1)Nc1ccc(I)cc1. The second-order valence-corrected chi connectivity index (χ2v) is 5.87. The number of benzene rings is 1. The van der Waals surface area contributed by atoms with Gasteiger partial charge in [-0.25, -0.2) is 0 Å². The Hall–Kier alpha value is -0.660. The maximum Gasteiger partial charge on any atom is 0.226 e. The van der Waals surface area contributed by atoms with E-state index < -0.39 is 0 Å². The Labute approximate surface area is 127 Å². The van der Waals surface area contributed by atoms with E-state index in [0.29, 0.717) is 19.1 Å². The van der Waals surface area contributed by atoms with Crippen LogP contribution in [0.5, 0.6) is 0 Å². The molecule has 5 heteroatoms. The van der Waals surface area contributed by atoms with Crippen LogP contribution in [0.4, 0.5) is 5.69 Å². The minimum Gasteiger partial charge on any atom is -0.378 e. The summed E-state index contributed by atoms with van der Waals surface area (Å²) in [6, 6.07) is 7.77. The zero-order valence-corrected chi connectivity index (χ0v) is 13.0. The van der Waals surface area contributed by atoms with Crippen molar-refractivity contribution in [3.8, 4) is 0 Å². The van der Waals surface area contributed by atoms with Gasteiger partial charge < -0.3 is 15.4 Å². The third kappa shape index (κ3) is 5.46. The smallest absolute Gasteiger partial charge is 0.226 e. The molecular weight excluding hydrogens is 355 g/mol. The van der Waals surface area contributed by atoms with Gasteiger partial charge in [0, 0.05) is 9.26 Å². The molecule has 0 radical (unpaired) electrons. The highest BCUT2D eigenvalue weighted by atomic mass is 127. The molecule has 1 aliphatic rings. The Morgan fingerprint density at radius 3 is 2.68 bits per heavy atom. The van der Waals surface area contributed by atoms with E-state index in [1.54, 1.807) is 0 Å². The molecule has 104 valence electrons. The number of amides is 1. The molecule has 1 aromatic carbocycles. The van der Waals surface area contributed by atoms with Gasteiger partial charge in [0.15, 0.2) is 0 Å². The number of hydrogen-bond acceptors (Lipinski definition) is 3. The highest BCUT2D eigenvalue weighted by Crippen LogP contribution is 2.12. The predicted octanol–water partition coefficient (Wildman–Crippen LogP) is 2.39.